The number of hydrogen-bond acceptors (Lipinski definition) is 5. The largest absolute Gasteiger partial charge is 0.495 e. The zero-order chi connectivity index (χ0) is 23.7. The molecule has 5 rings (SSSR count). The van der Waals surface area contributed by atoms with Crippen LogP contribution in [0.4, 0.5) is 4.39 Å². The van der Waals surface area contributed by atoms with E-state index in [1.807, 2.05) is 34.5 Å². The number of halogens is 1. The highest BCUT2D eigenvalue weighted by molar-refractivity contribution is 5.49. The third kappa shape index (κ3) is 3.83. The van der Waals surface area contributed by atoms with Gasteiger partial charge in [-0.1, -0.05) is 18.2 Å². The van der Waals surface area contributed by atoms with Crippen LogP contribution in [0, 0.1) is 24.1 Å². The maximum Gasteiger partial charge on any atom is 0.152 e. The van der Waals surface area contributed by atoms with Gasteiger partial charge in [0.25, 0.3) is 0 Å². The Morgan fingerprint density at radius 1 is 1.21 bits per heavy atom. The highest BCUT2D eigenvalue weighted by atomic mass is 19.1. The predicted molar refractivity (Wildman–Crippen MR) is 124 cm³/mol. The summed E-state index contributed by atoms with van der Waals surface area (Å²) >= 11 is 0. The van der Waals surface area contributed by atoms with E-state index in [9.17, 15) is 9.65 Å². The Labute approximate surface area is 197 Å². The van der Waals surface area contributed by atoms with Gasteiger partial charge in [0.2, 0.25) is 0 Å². The standard InChI is InChI=1S/C26H25FN6O/c1-18-15-32(17-29-18)22-9-7-19(13-23(22)34-2)8-10-24-30-25-26(16-28,11-4-12-33(25)31-24)20-5-3-6-21(27)14-20/h3,5-7,9,13-15,17H,4,8,10-12H2,1-2H3/t26-/m0/s1. The molecule has 2 aromatic heterocycles. The van der Waals surface area contributed by atoms with Gasteiger partial charge in [-0.2, -0.15) is 10.4 Å². The Balaban J connectivity index is 1.40. The van der Waals surface area contributed by atoms with Crippen molar-refractivity contribution in [1.29, 1.82) is 5.26 Å². The van der Waals surface area contributed by atoms with E-state index in [0.717, 1.165) is 35.5 Å². The Bertz CT molecular complexity index is 1380. The van der Waals surface area contributed by atoms with Gasteiger partial charge in [-0.25, -0.2) is 19.0 Å². The number of nitrogens with zero attached hydrogens (tertiary/aromatic N) is 6. The number of fused-ring (bicyclic) bond motifs is 1. The first-order valence-electron chi connectivity index (χ1n) is 11.3. The van der Waals surface area contributed by atoms with Crippen LogP contribution in [-0.4, -0.2) is 31.4 Å². The second-order valence-corrected chi connectivity index (χ2v) is 8.63. The number of aromatic nitrogens is 5. The lowest BCUT2D eigenvalue weighted by Crippen LogP contribution is -2.34. The molecule has 1 aliphatic heterocycles. The van der Waals surface area contributed by atoms with E-state index in [1.54, 1.807) is 25.6 Å². The van der Waals surface area contributed by atoms with Crippen molar-refractivity contribution in [2.75, 3.05) is 7.11 Å². The smallest absolute Gasteiger partial charge is 0.152 e. The second kappa shape index (κ2) is 8.75. The van der Waals surface area contributed by atoms with E-state index >= 15 is 0 Å². The van der Waals surface area contributed by atoms with Gasteiger partial charge >= 0.3 is 0 Å². The van der Waals surface area contributed by atoms with Gasteiger partial charge in [0, 0.05) is 19.2 Å². The van der Waals surface area contributed by atoms with Crippen LogP contribution in [0.2, 0.25) is 0 Å². The molecule has 2 aromatic carbocycles. The second-order valence-electron chi connectivity index (χ2n) is 8.63. The van der Waals surface area contributed by atoms with Crippen LogP contribution in [0.15, 0.2) is 55.0 Å². The molecule has 172 valence electrons. The summed E-state index contributed by atoms with van der Waals surface area (Å²) in [5.74, 6) is 1.69. The van der Waals surface area contributed by atoms with E-state index in [1.165, 1.54) is 12.1 Å². The molecule has 8 heteroatoms. The summed E-state index contributed by atoms with van der Waals surface area (Å²) in [5, 5.41) is 14.8. The average Bonchev–Trinajstić information content (AvgIpc) is 3.48. The van der Waals surface area contributed by atoms with E-state index in [4.69, 9.17) is 9.72 Å². The van der Waals surface area contributed by atoms with Gasteiger partial charge in [-0.05, 0) is 61.6 Å². The van der Waals surface area contributed by atoms with Gasteiger partial charge < -0.3 is 9.30 Å². The normalized spacial score (nSPS) is 17.2. The predicted octanol–water partition coefficient (Wildman–Crippen LogP) is 4.31. The van der Waals surface area contributed by atoms with Crippen molar-refractivity contribution in [3.05, 3.63) is 89.3 Å². The summed E-state index contributed by atoms with van der Waals surface area (Å²) in [4.78, 5) is 9.06. The summed E-state index contributed by atoms with van der Waals surface area (Å²) in [6, 6.07) is 14.8. The highest BCUT2D eigenvalue weighted by Crippen LogP contribution is 2.39. The third-order valence-electron chi connectivity index (χ3n) is 6.40. The van der Waals surface area contributed by atoms with Crippen LogP contribution in [0.1, 0.15) is 41.3 Å². The van der Waals surface area contributed by atoms with Crippen LogP contribution in [0.3, 0.4) is 0 Å². The molecular weight excluding hydrogens is 431 g/mol. The SMILES string of the molecule is COc1cc(CCc2nc3n(n2)CCC[C@]3(C#N)c2cccc(F)c2)ccc1-n1cnc(C)c1. The van der Waals surface area contributed by atoms with Gasteiger partial charge in [0.05, 0.1) is 30.9 Å². The van der Waals surface area contributed by atoms with Crippen LogP contribution in [-0.2, 0) is 24.8 Å². The van der Waals surface area contributed by atoms with E-state index in [-0.39, 0.29) is 5.82 Å². The van der Waals surface area contributed by atoms with Crippen LogP contribution >= 0.6 is 0 Å². The monoisotopic (exact) mass is 456 g/mol. The van der Waals surface area contributed by atoms with Crippen molar-refractivity contribution in [3.63, 3.8) is 0 Å². The van der Waals surface area contributed by atoms with Crippen molar-refractivity contribution < 1.29 is 9.13 Å². The number of ether oxygens (including phenoxy) is 1. The topological polar surface area (TPSA) is 81.5 Å². The Morgan fingerprint density at radius 2 is 2.09 bits per heavy atom. The summed E-state index contributed by atoms with van der Waals surface area (Å²) in [7, 11) is 1.66. The number of methoxy groups -OCH3 is 1. The molecule has 0 radical (unpaired) electrons. The number of nitriles is 1. The maximum atomic E-state index is 14.0. The number of aryl methyl sites for hydroxylation is 4. The summed E-state index contributed by atoms with van der Waals surface area (Å²) in [6.07, 6.45) is 6.45. The van der Waals surface area contributed by atoms with Crippen molar-refractivity contribution in [3.8, 4) is 17.5 Å². The van der Waals surface area contributed by atoms with Crippen molar-refractivity contribution in [1.82, 2.24) is 24.3 Å². The first-order valence-corrected chi connectivity index (χ1v) is 11.3. The molecule has 3 heterocycles. The van der Waals surface area contributed by atoms with Gasteiger partial charge in [-0.15, -0.1) is 0 Å². The van der Waals surface area contributed by atoms with E-state index < -0.39 is 5.41 Å². The molecule has 0 bridgehead atoms. The lowest BCUT2D eigenvalue weighted by molar-refractivity contribution is 0.391. The molecule has 4 aromatic rings. The van der Waals surface area contributed by atoms with Crippen LogP contribution < -0.4 is 4.74 Å². The Morgan fingerprint density at radius 3 is 2.82 bits per heavy atom. The van der Waals surface area contributed by atoms with Crippen molar-refractivity contribution >= 4 is 0 Å². The molecular formula is C26H25FN6O. The molecule has 1 atom stereocenters. The third-order valence-corrected chi connectivity index (χ3v) is 6.40. The molecule has 0 N–H and O–H groups in total. The summed E-state index contributed by atoms with van der Waals surface area (Å²) in [5.41, 5.74) is 2.61. The fraction of sp³-hybridized carbons (Fsp3) is 0.308. The zero-order valence-electron chi connectivity index (χ0n) is 19.2. The van der Waals surface area contributed by atoms with Crippen LogP contribution in [0.25, 0.3) is 5.69 Å². The molecule has 0 saturated carbocycles. The highest BCUT2D eigenvalue weighted by Gasteiger charge is 2.42. The number of imidazole rings is 1. The fourth-order valence-electron chi connectivity index (χ4n) is 4.67. The fourth-order valence-corrected chi connectivity index (χ4v) is 4.67. The van der Waals surface area contributed by atoms with Crippen molar-refractivity contribution in [2.45, 2.75) is 44.6 Å². The number of benzene rings is 2. The first kappa shape index (κ1) is 21.8. The molecule has 0 unspecified atom stereocenters. The quantitative estimate of drug-likeness (QED) is 0.432. The number of hydrogen-bond donors (Lipinski definition) is 0. The first-order chi connectivity index (χ1) is 16.5. The minimum absolute atomic E-state index is 0.354. The zero-order valence-corrected chi connectivity index (χ0v) is 19.2. The van der Waals surface area contributed by atoms with E-state index in [2.05, 4.69) is 22.2 Å². The average molecular weight is 457 g/mol. The maximum absolute atomic E-state index is 14.0. The Hall–Kier alpha value is -3.99. The van der Waals surface area contributed by atoms with E-state index in [0.29, 0.717) is 36.6 Å². The molecule has 7 nitrogen and oxygen atoms in total. The van der Waals surface area contributed by atoms with Gasteiger partial charge in [-0.3, -0.25) is 0 Å². The van der Waals surface area contributed by atoms with Gasteiger partial charge in [0.1, 0.15) is 17.0 Å². The molecule has 0 amide bonds. The number of rotatable bonds is 6. The molecule has 0 saturated heterocycles. The minimum atomic E-state index is -0.987. The molecule has 0 fully saturated rings. The Kier molecular flexibility index (Phi) is 5.62. The lowest BCUT2D eigenvalue weighted by atomic mass is 9.75. The lowest BCUT2D eigenvalue weighted by Gasteiger charge is -2.30. The van der Waals surface area contributed by atoms with Crippen molar-refractivity contribution in [2.24, 2.45) is 0 Å². The molecule has 1 aliphatic rings. The minimum Gasteiger partial charge on any atom is -0.495 e. The molecule has 0 aliphatic carbocycles. The molecule has 0 spiro atoms. The van der Waals surface area contributed by atoms with Gasteiger partial charge in [0.15, 0.2) is 11.6 Å². The summed E-state index contributed by atoms with van der Waals surface area (Å²) < 4.78 is 23.3. The summed E-state index contributed by atoms with van der Waals surface area (Å²) in [6.45, 7) is 2.65. The van der Waals surface area contributed by atoms with Crippen LogP contribution in [0.5, 0.6) is 5.75 Å². The molecule has 34 heavy (non-hydrogen) atoms.